The Labute approximate surface area is 211 Å². The third kappa shape index (κ3) is 3.51. The molecule has 2 bridgehead atoms. The minimum absolute atomic E-state index is 0.0198. The molecule has 36 heavy (non-hydrogen) atoms. The third-order valence-corrected chi connectivity index (χ3v) is 11.6. The molecule has 2 fully saturated rings. The lowest BCUT2D eigenvalue weighted by Crippen LogP contribution is -2.47. The minimum atomic E-state index is -3.94. The quantitative estimate of drug-likeness (QED) is 0.499. The number of rotatable bonds is 4. The van der Waals surface area contributed by atoms with Crippen LogP contribution < -0.4 is 4.31 Å². The van der Waals surface area contributed by atoms with Crippen LogP contribution in [0.3, 0.4) is 0 Å². The van der Waals surface area contributed by atoms with Crippen LogP contribution >= 0.6 is 0 Å². The highest BCUT2D eigenvalue weighted by Gasteiger charge is 2.57. The largest absolute Gasteiger partial charge is 0.264 e. The summed E-state index contributed by atoms with van der Waals surface area (Å²) in [4.78, 5) is 0.393. The summed E-state index contributed by atoms with van der Waals surface area (Å²) < 4.78 is 72.7. The Balaban J connectivity index is 1.46. The van der Waals surface area contributed by atoms with Crippen LogP contribution in [-0.2, 0) is 20.0 Å². The first-order valence-corrected chi connectivity index (χ1v) is 14.9. The highest BCUT2D eigenvalue weighted by atomic mass is 32.2. The zero-order valence-corrected chi connectivity index (χ0v) is 21.6. The van der Waals surface area contributed by atoms with Gasteiger partial charge in [-0.05, 0) is 80.6 Å². The highest BCUT2D eigenvalue weighted by Crippen LogP contribution is 2.55. The van der Waals surface area contributed by atoms with Gasteiger partial charge in [0.15, 0.2) is 0 Å². The fraction of sp³-hybridized carbons (Fsp3) is 0.333. The van der Waals surface area contributed by atoms with Gasteiger partial charge in [-0.2, -0.15) is 4.31 Å². The first-order valence-electron chi connectivity index (χ1n) is 12.1. The van der Waals surface area contributed by atoms with Gasteiger partial charge < -0.3 is 0 Å². The van der Waals surface area contributed by atoms with Crippen molar-refractivity contribution in [2.45, 2.75) is 54.5 Å². The molecule has 2 heterocycles. The molecule has 6 nitrogen and oxygen atoms in total. The van der Waals surface area contributed by atoms with Gasteiger partial charge >= 0.3 is 0 Å². The zero-order valence-electron chi connectivity index (χ0n) is 20.0. The Morgan fingerprint density at radius 2 is 1.31 bits per heavy atom. The standard InChI is InChI=1S/C27H27FN2O4S2/c1-17-3-8-21(9-4-17)35(31,32)29-16-19-13-25(29)27-23-15-20(28)7-12-24(23)30(26(27)14-19)36(33,34)22-10-5-18(2)6-11-22/h3-12,15,19,25-27H,13-14,16H2,1-2H3/t19-,25+,26?,27?/m1/s1. The second-order valence-electron chi connectivity index (χ2n) is 10.2. The van der Waals surface area contributed by atoms with Crippen LogP contribution in [0.1, 0.15) is 35.4 Å². The topological polar surface area (TPSA) is 74.8 Å². The fourth-order valence-electron chi connectivity index (χ4n) is 6.25. The number of hydrogen-bond acceptors (Lipinski definition) is 4. The van der Waals surface area contributed by atoms with Gasteiger partial charge in [-0.1, -0.05) is 35.4 Å². The summed E-state index contributed by atoms with van der Waals surface area (Å²) in [5, 5.41) is 0. The molecule has 3 aromatic rings. The number of hydrogen-bond donors (Lipinski definition) is 0. The molecule has 0 aromatic heterocycles. The zero-order chi connectivity index (χ0) is 25.4. The fourth-order valence-corrected chi connectivity index (χ4v) is 9.68. The maximum atomic E-state index is 14.5. The average Bonchev–Trinajstić information content (AvgIpc) is 3.35. The van der Waals surface area contributed by atoms with Crippen LogP contribution in [0.15, 0.2) is 76.5 Å². The summed E-state index contributed by atoms with van der Waals surface area (Å²) >= 11 is 0. The second kappa shape index (κ2) is 8.13. The van der Waals surface area contributed by atoms with E-state index in [0.717, 1.165) is 11.1 Å². The summed E-state index contributed by atoms with van der Waals surface area (Å²) in [6.45, 7) is 4.12. The van der Waals surface area contributed by atoms with Crippen molar-refractivity contribution in [1.82, 2.24) is 4.31 Å². The summed E-state index contributed by atoms with van der Waals surface area (Å²) in [6, 6.07) is 16.7. The van der Waals surface area contributed by atoms with Crippen molar-refractivity contribution in [2.24, 2.45) is 5.92 Å². The Hall–Kier alpha value is -2.75. The number of sulfonamides is 2. The number of fused-ring (bicyclic) bond motifs is 6. The molecule has 6 rings (SSSR count). The third-order valence-electron chi connectivity index (χ3n) is 7.88. The number of halogens is 1. The Bertz CT molecular complexity index is 1550. The minimum Gasteiger partial charge on any atom is -0.262 e. The van der Waals surface area contributed by atoms with Crippen LogP contribution in [-0.4, -0.2) is 39.8 Å². The molecule has 9 heteroatoms. The van der Waals surface area contributed by atoms with Crippen molar-refractivity contribution >= 4 is 25.7 Å². The molecule has 2 unspecified atom stereocenters. The van der Waals surface area contributed by atoms with Gasteiger partial charge in [0, 0.05) is 18.5 Å². The van der Waals surface area contributed by atoms with Gasteiger partial charge in [0.2, 0.25) is 10.0 Å². The predicted molar refractivity (Wildman–Crippen MR) is 135 cm³/mol. The van der Waals surface area contributed by atoms with Gasteiger partial charge in [0.1, 0.15) is 5.82 Å². The van der Waals surface area contributed by atoms with E-state index < -0.39 is 43.9 Å². The second-order valence-corrected chi connectivity index (χ2v) is 13.9. The van der Waals surface area contributed by atoms with Crippen LogP contribution in [0.2, 0.25) is 0 Å². The molecule has 3 aliphatic rings. The van der Waals surface area contributed by atoms with Crippen molar-refractivity contribution in [3.8, 4) is 0 Å². The SMILES string of the molecule is Cc1ccc(S(=O)(=O)N2c3ccc(F)cc3C3C2C[C@H]2C[C@@H]3N(S(=O)(=O)c3ccc(C)cc3)C2)cc1. The summed E-state index contributed by atoms with van der Waals surface area (Å²) in [6.07, 6.45) is 1.14. The molecule has 4 atom stereocenters. The van der Waals surface area contributed by atoms with Crippen molar-refractivity contribution in [1.29, 1.82) is 0 Å². The van der Waals surface area contributed by atoms with Crippen LogP contribution in [0.5, 0.6) is 0 Å². The molecule has 0 N–H and O–H groups in total. The molecule has 0 spiro atoms. The van der Waals surface area contributed by atoms with E-state index >= 15 is 0 Å². The van der Waals surface area contributed by atoms with E-state index in [2.05, 4.69) is 0 Å². The van der Waals surface area contributed by atoms with Crippen molar-refractivity contribution in [2.75, 3.05) is 10.8 Å². The maximum Gasteiger partial charge on any atom is 0.264 e. The molecular formula is C27H27FN2O4S2. The van der Waals surface area contributed by atoms with Gasteiger partial charge in [0.25, 0.3) is 10.0 Å². The maximum absolute atomic E-state index is 14.5. The van der Waals surface area contributed by atoms with E-state index in [1.807, 2.05) is 13.8 Å². The van der Waals surface area contributed by atoms with Crippen molar-refractivity contribution < 1.29 is 21.2 Å². The first-order chi connectivity index (χ1) is 17.1. The van der Waals surface area contributed by atoms with Gasteiger partial charge in [0.05, 0.1) is 21.5 Å². The summed E-state index contributed by atoms with van der Waals surface area (Å²) in [5.41, 5.74) is 2.91. The molecular weight excluding hydrogens is 499 g/mol. The molecule has 0 amide bonds. The lowest BCUT2D eigenvalue weighted by atomic mass is 9.77. The molecule has 1 saturated heterocycles. The lowest BCUT2D eigenvalue weighted by molar-refractivity contribution is 0.296. The van der Waals surface area contributed by atoms with E-state index in [4.69, 9.17) is 0 Å². The first kappa shape index (κ1) is 23.6. The number of benzene rings is 3. The van der Waals surface area contributed by atoms with Crippen molar-refractivity contribution in [3.05, 3.63) is 89.2 Å². The monoisotopic (exact) mass is 526 g/mol. The van der Waals surface area contributed by atoms with Crippen molar-refractivity contribution in [3.63, 3.8) is 0 Å². The van der Waals surface area contributed by atoms with Crippen LogP contribution in [0.4, 0.5) is 10.1 Å². The summed E-state index contributed by atoms with van der Waals surface area (Å²) in [7, 11) is -7.74. The molecule has 3 aromatic carbocycles. The van der Waals surface area contributed by atoms with E-state index in [1.54, 1.807) is 48.5 Å². The van der Waals surface area contributed by atoms with Gasteiger partial charge in [-0.3, -0.25) is 4.31 Å². The Morgan fingerprint density at radius 1 is 0.750 bits per heavy atom. The van der Waals surface area contributed by atoms with Gasteiger partial charge in [-0.15, -0.1) is 0 Å². The van der Waals surface area contributed by atoms with Crippen LogP contribution in [0.25, 0.3) is 0 Å². The predicted octanol–water partition coefficient (Wildman–Crippen LogP) is 4.59. The van der Waals surface area contributed by atoms with E-state index in [1.165, 1.54) is 26.8 Å². The number of anilines is 1. The molecule has 1 saturated carbocycles. The average molecular weight is 527 g/mol. The molecule has 0 radical (unpaired) electrons. The van der Waals surface area contributed by atoms with E-state index in [0.29, 0.717) is 30.6 Å². The molecule has 1 aliphatic carbocycles. The molecule has 2 aliphatic heterocycles. The van der Waals surface area contributed by atoms with Crippen LogP contribution in [0, 0.1) is 25.6 Å². The Kier molecular flexibility index (Phi) is 5.34. The Morgan fingerprint density at radius 3 is 1.92 bits per heavy atom. The highest BCUT2D eigenvalue weighted by molar-refractivity contribution is 7.93. The van der Waals surface area contributed by atoms with E-state index in [9.17, 15) is 21.2 Å². The normalized spacial score (nSPS) is 25.6. The smallest absolute Gasteiger partial charge is 0.262 e. The number of nitrogens with zero attached hydrogens (tertiary/aromatic N) is 2. The lowest BCUT2D eigenvalue weighted by Gasteiger charge is -2.37. The molecule has 188 valence electrons. The summed E-state index contributed by atoms with van der Waals surface area (Å²) in [5.74, 6) is -0.892. The van der Waals surface area contributed by atoms with E-state index in [-0.39, 0.29) is 15.7 Å². The number of aryl methyl sites for hydroxylation is 2. The van der Waals surface area contributed by atoms with Gasteiger partial charge in [-0.25, -0.2) is 21.2 Å².